The van der Waals surface area contributed by atoms with Crippen LogP contribution in [0, 0.1) is 6.92 Å². The van der Waals surface area contributed by atoms with Gasteiger partial charge in [0.25, 0.3) is 0 Å². The highest BCUT2D eigenvalue weighted by Crippen LogP contribution is 2.10. The van der Waals surface area contributed by atoms with Crippen LogP contribution in [0.25, 0.3) is 0 Å². The Morgan fingerprint density at radius 2 is 1.40 bits per heavy atom. The predicted octanol–water partition coefficient (Wildman–Crippen LogP) is 4.08. The van der Waals surface area contributed by atoms with Gasteiger partial charge in [0.05, 0.1) is 0 Å². The first-order chi connectivity index (χ1) is 7.26. The monoisotopic (exact) mass is 205 g/mol. The highest BCUT2D eigenvalue weighted by molar-refractivity contribution is 5.20. The molecule has 0 saturated carbocycles. The molecular formula is C14H23N. The van der Waals surface area contributed by atoms with Gasteiger partial charge in [-0.05, 0) is 50.3 Å². The number of aromatic nitrogens is 1. The Bertz CT molecular complexity index is 265. The van der Waals surface area contributed by atoms with Gasteiger partial charge in [0.15, 0.2) is 0 Å². The van der Waals surface area contributed by atoms with Crippen LogP contribution in [0.1, 0.15) is 56.5 Å². The van der Waals surface area contributed by atoms with Crippen molar-refractivity contribution in [2.75, 3.05) is 0 Å². The number of hydrogen-bond donors (Lipinski definition) is 0. The number of pyridine rings is 1. The summed E-state index contributed by atoms with van der Waals surface area (Å²) in [7, 11) is 0. The van der Waals surface area contributed by atoms with E-state index in [1.807, 2.05) is 0 Å². The average Bonchev–Trinajstić information content (AvgIpc) is 2.23. The first kappa shape index (κ1) is 12.2. The summed E-state index contributed by atoms with van der Waals surface area (Å²) >= 11 is 0. The molecule has 84 valence electrons. The van der Waals surface area contributed by atoms with Gasteiger partial charge in [-0.15, -0.1) is 0 Å². The van der Waals surface area contributed by atoms with Crippen LogP contribution < -0.4 is 0 Å². The summed E-state index contributed by atoms with van der Waals surface area (Å²) in [5, 5.41) is 0. The molecule has 0 amide bonds. The Balaban J connectivity index is 2.66. The van der Waals surface area contributed by atoms with E-state index in [-0.39, 0.29) is 0 Å². The zero-order valence-electron chi connectivity index (χ0n) is 10.3. The Morgan fingerprint density at radius 1 is 0.933 bits per heavy atom. The predicted molar refractivity (Wildman–Crippen MR) is 66.2 cm³/mol. The van der Waals surface area contributed by atoms with Crippen molar-refractivity contribution < 1.29 is 0 Å². The number of rotatable bonds is 6. The molecule has 0 aliphatic rings. The quantitative estimate of drug-likeness (QED) is 0.682. The van der Waals surface area contributed by atoms with Crippen molar-refractivity contribution in [3.05, 3.63) is 29.1 Å². The van der Waals surface area contributed by atoms with Crippen LogP contribution in [0.2, 0.25) is 0 Å². The molecule has 1 heteroatoms. The zero-order chi connectivity index (χ0) is 11.1. The third-order valence-corrected chi connectivity index (χ3v) is 2.65. The summed E-state index contributed by atoms with van der Waals surface area (Å²) in [6.45, 7) is 6.63. The number of aryl methyl sites for hydroxylation is 3. The fourth-order valence-electron chi connectivity index (χ4n) is 1.79. The van der Waals surface area contributed by atoms with Gasteiger partial charge in [-0.1, -0.05) is 26.7 Å². The zero-order valence-corrected chi connectivity index (χ0v) is 10.3. The van der Waals surface area contributed by atoms with Crippen molar-refractivity contribution in [1.82, 2.24) is 4.98 Å². The van der Waals surface area contributed by atoms with Crippen LogP contribution in [0.5, 0.6) is 0 Å². The van der Waals surface area contributed by atoms with Crippen molar-refractivity contribution in [3.8, 4) is 0 Å². The Kier molecular flexibility index (Phi) is 5.38. The van der Waals surface area contributed by atoms with Crippen LogP contribution in [0.15, 0.2) is 12.1 Å². The molecule has 0 aromatic carbocycles. The molecule has 0 N–H and O–H groups in total. The first-order valence-corrected chi connectivity index (χ1v) is 6.22. The van der Waals surface area contributed by atoms with E-state index < -0.39 is 0 Å². The van der Waals surface area contributed by atoms with E-state index in [0.29, 0.717) is 0 Å². The van der Waals surface area contributed by atoms with Gasteiger partial charge in [-0.2, -0.15) is 0 Å². The molecule has 0 fully saturated rings. The maximum atomic E-state index is 4.71. The second-order valence-electron chi connectivity index (χ2n) is 4.33. The fraction of sp³-hybridized carbons (Fsp3) is 0.643. The SMILES string of the molecule is CCCCc1cc(C)cc(CCCC)n1. The third kappa shape index (κ3) is 4.46. The number of hydrogen-bond acceptors (Lipinski definition) is 1. The van der Waals surface area contributed by atoms with Crippen molar-refractivity contribution in [3.63, 3.8) is 0 Å². The summed E-state index contributed by atoms with van der Waals surface area (Å²) < 4.78 is 0. The molecule has 1 rings (SSSR count). The van der Waals surface area contributed by atoms with E-state index in [2.05, 4.69) is 32.9 Å². The summed E-state index contributed by atoms with van der Waals surface area (Å²) in [4.78, 5) is 4.71. The summed E-state index contributed by atoms with van der Waals surface area (Å²) in [5.41, 5.74) is 3.92. The van der Waals surface area contributed by atoms with Gasteiger partial charge in [-0.25, -0.2) is 0 Å². The lowest BCUT2D eigenvalue weighted by molar-refractivity contribution is 0.744. The summed E-state index contributed by atoms with van der Waals surface area (Å²) in [6, 6.07) is 4.45. The Labute approximate surface area is 93.9 Å². The summed E-state index contributed by atoms with van der Waals surface area (Å²) in [5.74, 6) is 0. The fourth-order valence-corrected chi connectivity index (χ4v) is 1.79. The third-order valence-electron chi connectivity index (χ3n) is 2.65. The normalized spacial score (nSPS) is 10.6. The van der Waals surface area contributed by atoms with Gasteiger partial charge < -0.3 is 0 Å². The molecule has 1 aromatic rings. The smallest absolute Gasteiger partial charge is 0.0409 e. The lowest BCUT2D eigenvalue weighted by atomic mass is 10.1. The molecule has 0 spiro atoms. The van der Waals surface area contributed by atoms with Crippen LogP contribution in [-0.2, 0) is 12.8 Å². The standard InChI is InChI=1S/C14H23N/c1-4-6-8-13-10-12(3)11-14(15-13)9-7-5-2/h10-11H,4-9H2,1-3H3. The van der Waals surface area contributed by atoms with Crippen LogP contribution in [0.3, 0.4) is 0 Å². The van der Waals surface area contributed by atoms with Gasteiger partial charge in [0.1, 0.15) is 0 Å². The maximum absolute atomic E-state index is 4.71. The molecule has 1 aromatic heterocycles. The second kappa shape index (κ2) is 6.60. The van der Waals surface area contributed by atoms with Crippen molar-refractivity contribution >= 4 is 0 Å². The van der Waals surface area contributed by atoms with Gasteiger partial charge in [0.2, 0.25) is 0 Å². The van der Waals surface area contributed by atoms with E-state index >= 15 is 0 Å². The van der Waals surface area contributed by atoms with Gasteiger partial charge in [-0.3, -0.25) is 4.98 Å². The maximum Gasteiger partial charge on any atom is 0.0409 e. The van der Waals surface area contributed by atoms with E-state index in [4.69, 9.17) is 4.98 Å². The van der Waals surface area contributed by atoms with Crippen molar-refractivity contribution in [1.29, 1.82) is 0 Å². The average molecular weight is 205 g/mol. The molecule has 0 unspecified atom stereocenters. The molecular weight excluding hydrogens is 182 g/mol. The van der Waals surface area contributed by atoms with Gasteiger partial charge >= 0.3 is 0 Å². The lowest BCUT2D eigenvalue weighted by Crippen LogP contribution is -1.97. The molecule has 0 atom stereocenters. The number of unbranched alkanes of at least 4 members (excludes halogenated alkanes) is 2. The minimum absolute atomic E-state index is 1.14. The van der Waals surface area contributed by atoms with E-state index in [1.165, 1.54) is 42.6 Å². The molecule has 1 nitrogen and oxygen atoms in total. The lowest BCUT2D eigenvalue weighted by Gasteiger charge is -2.05. The highest BCUT2D eigenvalue weighted by Gasteiger charge is 2.00. The molecule has 1 heterocycles. The van der Waals surface area contributed by atoms with E-state index in [1.54, 1.807) is 0 Å². The Morgan fingerprint density at radius 3 is 1.80 bits per heavy atom. The molecule has 0 saturated heterocycles. The molecule has 0 aliphatic heterocycles. The van der Waals surface area contributed by atoms with Crippen LogP contribution in [-0.4, -0.2) is 4.98 Å². The number of nitrogens with zero attached hydrogens (tertiary/aromatic N) is 1. The molecule has 0 bridgehead atoms. The van der Waals surface area contributed by atoms with Crippen LogP contribution >= 0.6 is 0 Å². The highest BCUT2D eigenvalue weighted by atomic mass is 14.7. The molecule has 15 heavy (non-hydrogen) atoms. The molecule has 0 aliphatic carbocycles. The minimum Gasteiger partial charge on any atom is -0.258 e. The van der Waals surface area contributed by atoms with Crippen LogP contribution in [0.4, 0.5) is 0 Å². The van der Waals surface area contributed by atoms with E-state index in [0.717, 1.165) is 12.8 Å². The second-order valence-corrected chi connectivity index (χ2v) is 4.33. The van der Waals surface area contributed by atoms with Crippen molar-refractivity contribution in [2.45, 2.75) is 59.3 Å². The largest absolute Gasteiger partial charge is 0.258 e. The molecule has 0 radical (unpaired) electrons. The Hall–Kier alpha value is -0.850. The van der Waals surface area contributed by atoms with Gasteiger partial charge in [0, 0.05) is 11.4 Å². The minimum atomic E-state index is 1.14. The topological polar surface area (TPSA) is 12.9 Å². The first-order valence-electron chi connectivity index (χ1n) is 6.22. The van der Waals surface area contributed by atoms with Crippen molar-refractivity contribution in [2.24, 2.45) is 0 Å². The van der Waals surface area contributed by atoms with E-state index in [9.17, 15) is 0 Å². The summed E-state index contributed by atoms with van der Waals surface area (Å²) in [6.07, 6.45) is 7.28.